The molecule has 0 aromatic heterocycles. The van der Waals surface area contributed by atoms with Crippen LogP contribution in [0.15, 0.2) is 48.5 Å². The van der Waals surface area contributed by atoms with Crippen molar-refractivity contribution in [3.05, 3.63) is 65.7 Å². The fourth-order valence-electron chi connectivity index (χ4n) is 1.78. The molecule has 19 heavy (non-hydrogen) atoms. The first-order valence-electron chi connectivity index (χ1n) is 6.04. The zero-order chi connectivity index (χ0) is 13.7. The Morgan fingerprint density at radius 2 is 1.63 bits per heavy atom. The molecule has 0 saturated carbocycles. The monoisotopic (exact) mass is 263 g/mol. The number of para-hydroxylation sites is 1. The predicted octanol–water partition coefficient (Wildman–Crippen LogP) is 3.43. The molecular formula is C15H15F2NO. The number of hydrogen-bond donors (Lipinski definition) is 1. The first-order valence-corrected chi connectivity index (χ1v) is 6.04. The third-order valence-electron chi connectivity index (χ3n) is 2.75. The normalized spacial score (nSPS) is 12.2. The van der Waals surface area contributed by atoms with Crippen LogP contribution in [0.4, 0.5) is 8.78 Å². The molecule has 1 atom stereocenters. The van der Waals surface area contributed by atoms with E-state index in [1.54, 1.807) is 0 Å². The largest absolute Gasteiger partial charge is 0.494 e. The van der Waals surface area contributed by atoms with Crippen LogP contribution in [0.5, 0.6) is 5.75 Å². The van der Waals surface area contributed by atoms with Gasteiger partial charge < -0.3 is 10.5 Å². The fraction of sp³-hybridized carbons (Fsp3) is 0.200. The van der Waals surface area contributed by atoms with Gasteiger partial charge in [0.1, 0.15) is 17.4 Å². The Hall–Kier alpha value is -1.94. The van der Waals surface area contributed by atoms with Crippen LogP contribution < -0.4 is 10.5 Å². The average molecular weight is 263 g/mol. The number of ether oxygens (including phenoxy) is 1. The Kier molecular flexibility index (Phi) is 4.47. The van der Waals surface area contributed by atoms with Crippen LogP contribution in [-0.2, 0) is 0 Å². The Bertz CT molecular complexity index is 511. The minimum absolute atomic E-state index is 0.392. The van der Waals surface area contributed by atoms with Gasteiger partial charge in [-0.05, 0) is 29.8 Å². The molecule has 100 valence electrons. The lowest BCUT2D eigenvalue weighted by Crippen LogP contribution is -2.14. The standard InChI is InChI=1S/C15H15F2NO/c16-12-8-11(9-13(17)10-12)15(18)6-7-19-14-4-2-1-3-5-14/h1-5,8-10,15H,6-7,18H2. The van der Waals surface area contributed by atoms with Gasteiger partial charge in [-0.25, -0.2) is 8.78 Å². The van der Waals surface area contributed by atoms with Crippen molar-refractivity contribution < 1.29 is 13.5 Å². The molecule has 0 aliphatic heterocycles. The second kappa shape index (κ2) is 6.29. The highest BCUT2D eigenvalue weighted by Crippen LogP contribution is 2.18. The van der Waals surface area contributed by atoms with Gasteiger partial charge in [-0.15, -0.1) is 0 Å². The van der Waals surface area contributed by atoms with Gasteiger partial charge in [0.2, 0.25) is 0 Å². The van der Waals surface area contributed by atoms with Gasteiger partial charge in [0.15, 0.2) is 0 Å². The second-order valence-corrected chi connectivity index (χ2v) is 4.26. The molecule has 2 nitrogen and oxygen atoms in total. The molecule has 0 saturated heterocycles. The molecule has 4 heteroatoms. The van der Waals surface area contributed by atoms with Crippen LogP contribution in [-0.4, -0.2) is 6.61 Å². The van der Waals surface area contributed by atoms with Crippen molar-refractivity contribution in [1.29, 1.82) is 0 Å². The average Bonchev–Trinajstić information content (AvgIpc) is 2.38. The Morgan fingerprint density at radius 3 is 2.26 bits per heavy atom. The van der Waals surface area contributed by atoms with Crippen molar-refractivity contribution >= 4 is 0 Å². The summed E-state index contributed by atoms with van der Waals surface area (Å²) in [6.45, 7) is 0.392. The molecule has 2 aromatic rings. The first-order chi connectivity index (χ1) is 9.15. The number of hydrogen-bond acceptors (Lipinski definition) is 2. The van der Waals surface area contributed by atoms with Gasteiger partial charge in [-0.3, -0.25) is 0 Å². The molecule has 0 amide bonds. The smallest absolute Gasteiger partial charge is 0.126 e. The Labute approximate surface area is 110 Å². The first kappa shape index (κ1) is 13.5. The highest BCUT2D eigenvalue weighted by Gasteiger charge is 2.09. The predicted molar refractivity (Wildman–Crippen MR) is 69.8 cm³/mol. The van der Waals surface area contributed by atoms with Crippen molar-refractivity contribution in [1.82, 2.24) is 0 Å². The third kappa shape index (κ3) is 4.03. The summed E-state index contributed by atoms with van der Waals surface area (Å²) in [4.78, 5) is 0. The fourth-order valence-corrected chi connectivity index (χ4v) is 1.78. The molecule has 2 aromatic carbocycles. The van der Waals surface area contributed by atoms with Gasteiger partial charge in [-0.1, -0.05) is 18.2 Å². The Balaban J connectivity index is 1.89. The highest BCUT2D eigenvalue weighted by molar-refractivity contribution is 5.22. The van der Waals surface area contributed by atoms with E-state index in [0.29, 0.717) is 18.6 Å². The molecule has 0 heterocycles. The minimum Gasteiger partial charge on any atom is -0.494 e. The van der Waals surface area contributed by atoms with Gasteiger partial charge in [0.05, 0.1) is 6.61 Å². The minimum atomic E-state index is -0.616. The lowest BCUT2D eigenvalue weighted by molar-refractivity contribution is 0.298. The van der Waals surface area contributed by atoms with Gasteiger partial charge in [0.25, 0.3) is 0 Å². The van der Waals surface area contributed by atoms with E-state index in [9.17, 15) is 8.78 Å². The maximum absolute atomic E-state index is 13.0. The topological polar surface area (TPSA) is 35.2 Å². The van der Waals surface area contributed by atoms with Crippen LogP contribution >= 0.6 is 0 Å². The molecule has 2 N–H and O–H groups in total. The molecule has 0 spiro atoms. The van der Waals surface area contributed by atoms with Gasteiger partial charge in [-0.2, -0.15) is 0 Å². The van der Waals surface area contributed by atoms with Crippen LogP contribution in [0.1, 0.15) is 18.0 Å². The molecule has 2 rings (SSSR count). The second-order valence-electron chi connectivity index (χ2n) is 4.26. The lowest BCUT2D eigenvalue weighted by atomic mass is 10.0. The van der Waals surface area contributed by atoms with Crippen LogP contribution in [0.25, 0.3) is 0 Å². The third-order valence-corrected chi connectivity index (χ3v) is 2.75. The molecule has 0 fully saturated rings. The van der Waals surface area contributed by atoms with Crippen LogP contribution in [0.3, 0.4) is 0 Å². The molecule has 0 aliphatic carbocycles. The Morgan fingerprint density at radius 1 is 1.00 bits per heavy atom. The highest BCUT2D eigenvalue weighted by atomic mass is 19.1. The van der Waals surface area contributed by atoms with Crippen LogP contribution in [0.2, 0.25) is 0 Å². The molecule has 0 aliphatic rings. The summed E-state index contributed by atoms with van der Waals surface area (Å²) in [5.74, 6) is -0.482. The zero-order valence-electron chi connectivity index (χ0n) is 10.4. The van der Waals surface area contributed by atoms with E-state index in [0.717, 1.165) is 11.8 Å². The van der Waals surface area contributed by atoms with E-state index in [1.165, 1.54) is 12.1 Å². The summed E-state index contributed by atoms with van der Waals surface area (Å²) in [5, 5.41) is 0. The van der Waals surface area contributed by atoms with Gasteiger partial charge >= 0.3 is 0 Å². The van der Waals surface area contributed by atoms with E-state index in [1.807, 2.05) is 30.3 Å². The summed E-state index contributed by atoms with van der Waals surface area (Å²) in [7, 11) is 0. The SMILES string of the molecule is NC(CCOc1ccccc1)c1cc(F)cc(F)c1. The number of rotatable bonds is 5. The summed E-state index contributed by atoms with van der Waals surface area (Å²) in [6, 6.07) is 12.2. The summed E-state index contributed by atoms with van der Waals surface area (Å²) >= 11 is 0. The summed E-state index contributed by atoms with van der Waals surface area (Å²) < 4.78 is 31.6. The number of nitrogens with two attached hydrogens (primary N) is 1. The molecular weight excluding hydrogens is 248 g/mol. The van der Waals surface area contributed by atoms with E-state index >= 15 is 0 Å². The summed E-state index contributed by atoms with van der Waals surface area (Å²) in [5.41, 5.74) is 6.32. The van der Waals surface area contributed by atoms with E-state index in [2.05, 4.69) is 0 Å². The molecule has 0 bridgehead atoms. The van der Waals surface area contributed by atoms with Crippen LogP contribution in [0, 0.1) is 11.6 Å². The van der Waals surface area contributed by atoms with E-state index in [4.69, 9.17) is 10.5 Å². The van der Waals surface area contributed by atoms with E-state index in [-0.39, 0.29) is 0 Å². The zero-order valence-corrected chi connectivity index (χ0v) is 10.4. The quantitative estimate of drug-likeness (QED) is 0.897. The van der Waals surface area contributed by atoms with Crippen molar-refractivity contribution in [2.24, 2.45) is 5.73 Å². The van der Waals surface area contributed by atoms with Gasteiger partial charge in [0, 0.05) is 18.5 Å². The summed E-state index contributed by atoms with van der Waals surface area (Å²) in [6.07, 6.45) is 0.484. The van der Waals surface area contributed by atoms with Crippen molar-refractivity contribution in [3.8, 4) is 5.75 Å². The maximum Gasteiger partial charge on any atom is 0.126 e. The van der Waals surface area contributed by atoms with Crippen molar-refractivity contribution in [3.63, 3.8) is 0 Å². The number of benzene rings is 2. The molecule has 1 unspecified atom stereocenters. The lowest BCUT2D eigenvalue weighted by Gasteiger charge is -2.13. The van der Waals surface area contributed by atoms with E-state index < -0.39 is 17.7 Å². The maximum atomic E-state index is 13.0. The number of halogens is 2. The van der Waals surface area contributed by atoms with Crippen molar-refractivity contribution in [2.75, 3.05) is 6.61 Å². The van der Waals surface area contributed by atoms with Crippen molar-refractivity contribution in [2.45, 2.75) is 12.5 Å². The molecule has 0 radical (unpaired) electrons.